The Morgan fingerprint density at radius 3 is 2.88 bits per heavy atom. The number of aryl methyl sites for hydroxylation is 1. The Bertz CT molecular complexity index is 422. The molecule has 3 N–H and O–H groups in total. The first kappa shape index (κ1) is 11.1. The van der Waals surface area contributed by atoms with Crippen molar-refractivity contribution in [3.05, 3.63) is 11.8 Å². The molecule has 0 saturated heterocycles. The van der Waals surface area contributed by atoms with Gasteiger partial charge in [0.15, 0.2) is 5.82 Å². The van der Waals surface area contributed by atoms with E-state index in [0.29, 0.717) is 12.4 Å². The topological polar surface area (TPSA) is 72.9 Å². The molecule has 2 rings (SSSR count). The average molecular weight is 222 g/mol. The molecule has 1 aromatic heterocycles. The first-order valence-corrected chi connectivity index (χ1v) is 5.47. The summed E-state index contributed by atoms with van der Waals surface area (Å²) in [6.45, 7) is 4.58. The highest BCUT2D eigenvalue weighted by molar-refractivity contribution is 5.94. The zero-order chi connectivity index (χ0) is 11.9. The van der Waals surface area contributed by atoms with Gasteiger partial charge in [-0.25, -0.2) is 0 Å². The van der Waals surface area contributed by atoms with Crippen molar-refractivity contribution < 1.29 is 4.79 Å². The van der Waals surface area contributed by atoms with Gasteiger partial charge in [0.05, 0.1) is 0 Å². The van der Waals surface area contributed by atoms with Crippen LogP contribution in [-0.2, 0) is 18.4 Å². The monoisotopic (exact) mass is 222 g/mol. The summed E-state index contributed by atoms with van der Waals surface area (Å²) in [5.41, 5.74) is 6.59. The number of carbonyl (C=O) groups is 1. The van der Waals surface area contributed by atoms with Gasteiger partial charge in [0.25, 0.3) is 0 Å². The van der Waals surface area contributed by atoms with Crippen molar-refractivity contribution in [2.24, 2.45) is 24.1 Å². The Labute approximate surface area is 95.0 Å². The molecular weight excluding hydrogens is 204 g/mol. The maximum atomic E-state index is 11.9. The Balaban J connectivity index is 2.06. The van der Waals surface area contributed by atoms with Gasteiger partial charge in [-0.15, -0.1) is 0 Å². The van der Waals surface area contributed by atoms with Crippen molar-refractivity contribution in [1.82, 2.24) is 9.78 Å². The van der Waals surface area contributed by atoms with Crippen molar-refractivity contribution >= 4 is 11.7 Å². The molecule has 5 heteroatoms. The minimum absolute atomic E-state index is 0.0541. The average Bonchev–Trinajstić information content (AvgIpc) is 2.67. The van der Waals surface area contributed by atoms with Crippen LogP contribution >= 0.6 is 0 Å². The summed E-state index contributed by atoms with van der Waals surface area (Å²) in [4.78, 5) is 11.9. The van der Waals surface area contributed by atoms with E-state index in [4.69, 9.17) is 5.73 Å². The van der Waals surface area contributed by atoms with Crippen LogP contribution in [0.15, 0.2) is 6.20 Å². The molecule has 5 nitrogen and oxygen atoms in total. The highest BCUT2D eigenvalue weighted by Gasteiger charge is 2.50. The zero-order valence-electron chi connectivity index (χ0n) is 9.95. The number of hydrogen-bond acceptors (Lipinski definition) is 3. The maximum absolute atomic E-state index is 11.9. The van der Waals surface area contributed by atoms with E-state index in [-0.39, 0.29) is 17.2 Å². The molecule has 1 aliphatic carbocycles. The third-order valence-electron chi connectivity index (χ3n) is 3.20. The third kappa shape index (κ3) is 1.95. The van der Waals surface area contributed by atoms with Gasteiger partial charge >= 0.3 is 0 Å². The molecular formula is C11H18N4O. The number of amides is 1. The maximum Gasteiger partial charge on any atom is 0.229 e. The van der Waals surface area contributed by atoms with Crippen molar-refractivity contribution in [3.8, 4) is 0 Å². The van der Waals surface area contributed by atoms with E-state index in [9.17, 15) is 4.79 Å². The van der Waals surface area contributed by atoms with E-state index in [2.05, 4.69) is 24.3 Å². The normalized spacial score (nSPS) is 21.9. The van der Waals surface area contributed by atoms with E-state index in [1.54, 1.807) is 4.68 Å². The van der Waals surface area contributed by atoms with Crippen LogP contribution in [0.25, 0.3) is 0 Å². The van der Waals surface area contributed by atoms with Crippen LogP contribution < -0.4 is 11.1 Å². The highest BCUT2D eigenvalue weighted by atomic mass is 16.2. The summed E-state index contributed by atoms with van der Waals surface area (Å²) in [6, 6.07) is 0. The first-order valence-electron chi connectivity index (χ1n) is 5.47. The molecule has 0 radical (unpaired) electrons. The van der Waals surface area contributed by atoms with Crippen LogP contribution in [-0.4, -0.2) is 15.7 Å². The second kappa shape index (κ2) is 3.59. The number of nitrogens with two attached hydrogens (primary N) is 1. The minimum Gasteiger partial charge on any atom is -0.326 e. The zero-order valence-corrected chi connectivity index (χ0v) is 9.95. The summed E-state index contributed by atoms with van der Waals surface area (Å²) in [5, 5.41) is 7.03. The predicted molar refractivity (Wildman–Crippen MR) is 61.6 cm³/mol. The number of aromatic nitrogens is 2. The lowest BCUT2D eigenvalue weighted by atomic mass is 10.1. The van der Waals surface area contributed by atoms with Crippen molar-refractivity contribution in [3.63, 3.8) is 0 Å². The lowest BCUT2D eigenvalue weighted by Crippen LogP contribution is -2.18. The predicted octanol–water partition coefficient (Wildman–Crippen LogP) is 0.863. The number of nitrogens with zero attached hydrogens (tertiary/aromatic N) is 2. The molecule has 1 fully saturated rings. The number of carbonyl (C=O) groups excluding carboxylic acids is 1. The van der Waals surface area contributed by atoms with E-state index < -0.39 is 0 Å². The van der Waals surface area contributed by atoms with E-state index in [0.717, 1.165) is 12.0 Å². The van der Waals surface area contributed by atoms with Crippen LogP contribution in [0.2, 0.25) is 0 Å². The molecule has 88 valence electrons. The molecule has 16 heavy (non-hydrogen) atoms. The molecule has 0 bridgehead atoms. The van der Waals surface area contributed by atoms with Crippen LogP contribution in [0.1, 0.15) is 25.8 Å². The van der Waals surface area contributed by atoms with Gasteiger partial charge < -0.3 is 11.1 Å². The molecule has 0 spiro atoms. The van der Waals surface area contributed by atoms with Gasteiger partial charge in [-0.1, -0.05) is 13.8 Å². The number of anilines is 1. The highest BCUT2D eigenvalue weighted by Crippen LogP contribution is 2.51. The Hall–Kier alpha value is -1.36. The second-order valence-corrected chi connectivity index (χ2v) is 5.12. The summed E-state index contributed by atoms with van der Waals surface area (Å²) in [6.07, 6.45) is 2.78. The fourth-order valence-corrected chi connectivity index (χ4v) is 1.91. The Morgan fingerprint density at radius 1 is 1.75 bits per heavy atom. The number of hydrogen-bond donors (Lipinski definition) is 2. The molecule has 0 aromatic carbocycles. The number of nitrogens with one attached hydrogen (secondary N) is 1. The van der Waals surface area contributed by atoms with Crippen LogP contribution in [0.4, 0.5) is 5.82 Å². The smallest absolute Gasteiger partial charge is 0.229 e. The SMILES string of the molecule is Cn1cc(CN)c(NC(=O)C2CC2(C)C)n1. The Morgan fingerprint density at radius 2 is 2.38 bits per heavy atom. The quantitative estimate of drug-likeness (QED) is 0.796. The van der Waals surface area contributed by atoms with Crippen LogP contribution in [0.3, 0.4) is 0 Å². The van der Waals surface area contributed by atoms with Gasteiger partial charge in [-0.2, -0.15) is 5.10 Å². The molecule has 1 saturated carbocycles. The van der Waals surface area contributed by atoms with Gasteiger partial charge in [0.1, 0.15) is 0 Å². The fraction of sp³-hybridized carbons (Fsp3) is 0.636. The van der Waals surface area contributed by atoms with E-state index in [1.807, 2.05) is 13.2 Å². The van der Waals surface area contributed by atoms with E-state index in [1.165, 1.54) is 0 Å². The molecule has 1 aromatic rings. The second-order valence-electron chi connectivity index (χ2n) is 5.12. The molecule has 0 aliphatic heterocycles. The van der Waals surface area contributed by atoms with Gasteiger partial charge in [0.2, 0.25) is 5.91 Å². The molecule has 1 unspecified atom stereocenters. The standard InChI is InChI=1S/C11H18N4O/c1-11(2)4-8(11)10(16)13-9-7(5-12)6-15(3)14-9/h6,8H,4-5,12H2,1-3H3,(H,13,14,16). The fourth-order valence-electron chi connectivity index (χ4n) is 1.91. The summed E-state index contributed by atoms with van der Waals surface area (Å²) in [5.74, 6) is 0.760. The van der Waals surface area contributed by atoms with Gasteiger partial charge in [-0.3, -0.25) is 9.48 Å². The Kier molecular flexibility index (Phi) is 2.50. The van der Waals surface area contributed by atoms with Gasteiger partial charge in [-0.05, 0) is 11.8 Å². The molecule has 1 heterocycles. The first-order chi connectivity index (χ1) is 7.44. The largest absolute Gasteiger partial charge is 0.326 e. The summed E-state index contributed by atoms with van der Waals surface area (Å²) >= 11 is 0. The lowest BCUT2D eigenvalue weighted by Gasteiger charge is -2.05. The van der Waals surface area contributed by atoms with Crippen molar-refractivity contribution in [2.45, 2.75) is 26.8 Å². The van der Waals surface area contributed by atoms with Crippen molar-refractivity contribution in [1.29, 1.82) is 0 Å². The van der Waals surface area contributed by atoms with E-state index >= 15 is 0 Å². The minimum atomic E-state index is 0.0541. The van der Waals surface area contributed by atoms with Crippen LogP contribution in [0.5, 0.6) is 0 Å². The number of rotatable bonds is 3. The van der Waals surface area contributed by atoms with Crippen molar-refractivity contribution in [2.75, 3.05) is 5.32 Å². The third-order valence-corrected chi connectivity index (χ3v) is 3.20. The molecule has 1 aliphatic rings. The lowest BCUT2D eigenvalue weighted by molar-refractivity contribution is -0.118. The summed E-state index contributed by atoms with van der Waals surface area (Å²) in [7, 11) is 1.82. The summed E-state index contributed by atoms with van der Waals surface area (Å²) < 4.78 is 1.66. The van der Waals surface area contributed by atoms with Crippen LogP contribution in [0, 0.1) is 11.3 Å². The molecule has 1 amide bonds. The van der Waals surface area contributed by atoms with Gasteiger partial charge in [0, 0.05) is 31.3 Å². The molecule has 1 atom stereocenters.